The van der Waals surface area contributed by atoms with Gasteiger partial charge in [0.05, 0.1) is 11.4 Å². The van der Waals surface area contributed by atoms with Gasteiger partial charge in [-0.2, -0.15) is 0 Å². The van der Waals surface area contributed by atoms with Gasteiger partial charge in [0.1, 0.15) is 0 Å². The molecule has 2 heteroatoms. The molecule has 0 atom stereocenters. The molecule has 0 amide bonds. The number of hydrogen-bond acceptors (Lipinski definition) is 2. The molecule has 0 aromatic heterocycles. The number of para-hydroxylation sites is 3. The lowest BCUT2D eigenvalue weighted by molar-refractivity contribution is 0.546. The highest BCUT2D eigenvalue weighted by atomic mass is 15.0. The van der Waals surface area contributed by atoms with Crippen molar-refractivity contribution in [3.8, 4) is 0 Å². The van der Waals surface area contributed by atoms with Crippen molar-refractivity contribution in [1.82, 2.24) is 0 Å². The molecule has 3 rings (SSSR count). The van der Waals surface area contributed by atoms with Crippen molar-refractivity contribution in [2.45, 2.75) is 32.1 Å². The molecule has 0 heterocycles. The van der Waals surface area contributed by atoms with Crippen molar-refractivity contribution in [3.63, 3.8) is 0 Å². The molecule has 0 bridgehead atoms. The third kappa shape index (κ3) is 3.91. The van der Waals surface area contributed by atoms with Gasteiger partial charge in [-0.05, 0) is 36.6 Å². The van der Waals surface area contributed by atoms with E-state index in [1.807, 2.05) is 18.2 Å². The molecule has 1 aliphatic carbocycles. The van der Waals surface area contributed by atoms with E-state index < -0.39 is 0 Å². The normalized spacial score (nSPS) is 14.7. The Morgan fingerprint density at radius 1 is 0.909 bits per heavy atom. The standard InChI is InChI=1S/C20H24N2/c1-16(15-17-9-5-6-10-17)21-19-13-7-8-14-20(19)22-18-11-3-2-4-12-18/h2-4,7-8,11-14,17,21-22H,1,5-6,9-10,15H2. The number of nitrogens with one attached hydrogen (secondary N) is 2. The van der Waals surface area contributed by atoms with Crippen molar-refractivity contribution in [1.29, 1.82) is 0 Å². The smallest absolute Gasteiger partial charge is 0.0623 e. The van der Waals surface area contributed by atoms with Gasteiger partial charge in [0.2, 0.25) is 0 Å². The van der Waals surface area contributed by atoms with E-state index in [0.717, 1.165) is 35.1 Å². The third-order valence-electron chi connectivity index (χ3n) is 4.30. The van der Waals surface area contributed by atoms with E-state index in [9.17, 15) is 0 Å². The Morgan fingerprint density at radius 2 is 1.55 bits per heavy atom. The first-order chi connectivity index (χ1) is 10.8. The Morgan fingerprint density at radius 3 is 2.27 bits per heavy atom. The molecule has 0 unspecified atom stereocenters. The van der Waals surface area contributed by atoms with Crippen molar-refractivity contribution in [3.05, 3.63) is 66.9 Å². The van der Waals surface area contributed by atoms with Crippen LogP contribution in [0.25, 0.3) is 0 Å². The zero-order valence-corrected chi connectivity index (χ0v) is 13.0. The molecule has 0 spiro atoms. The lowest BCUT2D eigenvalue weighted by Crippen LogP contribution is -2.05. The van der Waals surface area contributed by atoms with Crippen molar-refractivity contribution < 1.29 is 0 Å². The summed E-state index contributed by atoms with van der Waals surface area (Å²) in [7, 11) is 0. The van der Waals surface area contributed by atoms with Gasteiger partial charge in [0.25, 0.3) is 0 Å². The molecule has 1 saturated carbocycles. The van der Waals surface area contributed by atoms with Gasteiger partial charge in [-0.15, -0.1) is 0 Å². The second-order valence-corrected chi connectivity index (χ2v) is 6.12. The summed E-state index contributed by atoms with van der Waals surface area (Å²) in [6.45, 7) is 4.22. The average Bonchev–Trinajstić information content (AvgIpc) is 3.03. The molecule has 22 heavy (non-hydrogen) atoms. The van der Waals surface area contributed by atoms with Gasteiger partial charge in [-0.25, -0.2) is 0 Å². The maximum atomic E-state index is 4.22. The van der Waals surface area contributed by atoms with Gasteiger partial charge in [0.15, 0.2) is 0 Å². The molecule has 2 N–H and O–H groups in total. The Kier molecular flexibility index (Phi) is 4.79. The average molecular weight is 292 g/mol. The molecule has 0 radical (unpaired) electrons. The van der Waals surface area contributed by atoms with E-state index in [2.05, 4.69) is 53.6 Å². The van der Waals surface area contributed by atoms with E-state index in [4.69, 9.17) is 0 Å². The first-order valence-electron chi connectivity index (χ1n) is 8.17. The fraction of sp³-hybridized carbons (Fsp3) is 0.300. The van der Waals surface area contributed by atoms with Crippen molar-refractivity contribution >= 4 is 17.1 Å². The Hall–Kier alpha value is -2.22. The molecule has 2 nitrogen and oxygen atoms in total. The monoisotopic (exact) mass is 292 g/mol. The van der Waals surface area contributed by atoms with E-state index in [0.29, 0.717) is 0 Å². The predicted octanol–water partition coefficient (Wildman–Crippen LogP) is 5.94. The molecule has 2 aromatic rings. The molecular weight excluding hydrogens is 268 g/mol. The summed E-state index contributed by atoms with van der Waals surface area (Å²) in [6.07, 6.45) is 6.54. The molecule has 0 saturated heterocycles. The highest BCUT2D eigenvalue weighted by molar-refractivity contribution is 5.75. The van der Waals surface area contributed by atoms with Gasteiger partial charge in [0, 0.05) is 11.4 Å². The molecule has 2 aromatic carbocycles. The van der Waals surface area contributed by atoms with Gasteiger partial charge in [-0.3, -0.25) is 0 Å². The summed E-state index contributed by atoms with van der Waals surface area (Å²) in [5, 5.41) is 6.97. The second-order valence-electron chi connectivity index (χ2n) is 6.12. The number of hydrogen-bond donors (Lipinski definition) is 2. The van der Waals surface area contributed by atoms with E-state index in [1.165, 1.54) is 25.7 Å². The van der Waals surface area contributed by atoms with E-state index >= 15 is 0 Å². The van der Waals surface area contributed by atoms with Crippen LogP contribution in [0, 0.1) is 5.92 Å². The SMILES string of the molecule is C=C(CC1CCCC1)Nc1ccccc1Nc1ccccc1. The van der Waals surface area contributed by atoms with Crippen LogP contribution in [-0.2, 0) is 0 Å². The summed E-state index contributed by atoms with van der Waals surface area (Å²) in [4.78, 5) is 0. The largest absolute Gasteiger partial charge is 0.358 e. The van der Waals surface area contributed by atoms with E-state index in [1.54, 1.807) is 0 Å². The third-order valence-corrected chi connectivity index (χ3v) is 4.30. The fourth-order valence-corrected chi connectivity index (χ4v) is 3.18. The van der Waals surface area contributed by atoms with Crippen LogP contribution in [0.5, 0.6) is 0 Å². The number of allylic oxidation sites excluding steroid dienone is 1. The zero-order chi connectivity index (χ0) is 15.2. The number of benzene rings is 2. The predicted molar refractivity (Wildman–Crippen MR) is 95.5 cm³/mol. The minimum Gasteiger partial charge on any atom is -0.358 e. The highest BCUT2D eigenvalue weighted by Gasteiger charge is 2.16. The Bertz CT molecular complexity index is 613. The quantitative estimate of drug-likeness (QED) is 0.689. The van der Waals surface area contributed by atoms with Crippen LogP contribution in [0.15, 0.2) is 66.9 Å². The molecule has 114 valence electrons. The van der Waals surface area contributed by atoms with Crippen LogP contribution in [0.1, 0.15) is 32.1 Å². The first-order valence-corrected chi connectivity index (χ1v) is 8.17. The summed E-state index contributed by atoms with van der Waals surface area (Å²) in [6, 6.07) is 18.6. The van der Waals surface area contributed by atoms with Crippen molar-refractivity contribution in [2.75, 3.05) is 10.6 Å². The minimum atomic E-state index is 0.814. The van der Waals surface area contributed by atoms with Gasteiger partial charge in [-0.1, -0.05) is 62.6 Å². The number of anilines is 3. The summed E-state index contributed by atoms with van der Waals surface area (Å²) >= 11 is 0. The Balaban J connectivity index is 1.66. The second kappa shape index (κ2) is 7.17. The van der Waals surface area contributed by atoms with Crippen LogP contribution in [0.3, 0.4) is 0 Å². The molecular formula is C20H24N2. The van der Waals surface area contributed by atoms with Gasteiger partial charge >= 0.3 is 0 Å². The summed E-state index contributed by atoms with van der Waals surface area (Å²) < 4.78 is 0. The van der Waals surface area contributed by atoms with Crippen molar-refractivity contribution in [2.24, 2.45) is 5.92 Å². The number of rotatable bonds is 6. The van der Waals surface area contributed by atoms with Crippen LogP contribution in [0.4, 0.5) is 17.1 Å². The first kappa shape index (κ1) is 14.7. The summed E-state index contributed by atoms with van der Waals surface area (Å²) in [5.74, 6) is 0.814. The van der Waals surface area contributed by atoms with Crippen LogP contribution < -0.4 is 10.6 Å². The summed E-state index contributed by atoms with van der Waals surface area (Å²) in [5.41, 5.74) is 4.39. The fourth-order valence-electron chi connectivity index (χ4n) is 3.18. The van der Waals surface area contributed by atoms with Crippen LogP contribution >= 0.6 is 0 Å². The van der Waals surface area contributed by atoms with Gasteiger partial charge < -0.3 is 10.6 Å². The minimum absolute atomic E-state index is 0.814. The molecule has 0 aliphatic heterocycles. The Labute approximate surface area is 133 Å². The molecule has 1 aliphatic rings. The van der Waals surface area contributed by atoms with Crippen LogP contribution in [0.2, 0.25) is 0 Å². The zero-order valence-electron chi connectivity index (χ0n) is 13.0. The highest BCUT2D eigenvalue weighted by Crippen LogP contribution is 2.32. The maximum Gasteiger partial charge on any atom is 0.0623 e. The lowest BCUT2D eigenvalue weighted by Gasteiger charge is -2.17. The lowest BCUT2D eigenvalue weighted by atomic mass is 10.0. The maximum absolute atomic E-state index is 4.22. The van der Waals surface area contributed by atoms with Crippen LogP contribution in [-0.4, -0.2) is 0 Å². The molecule has 1 fully saturated rings. The topological polar surface area (TPSA) is 24.1 Å². The van der Waals surface area contributed by atoms with E-state index in [-0.39, 0.29) is 0 Å².